The highest BCUT2D eigenvalue weighted by Crippen LogP contribution is 2.36. The molecule has 15 heteroatoms. The van der Waals surface area contributed by atoms with Crippen LogP contribution in [0.2, 0.25) is 5.02 Å². The van der Waals surface area contributed by atoms with Gasteiger partial charge in [0.25, 0.3) is 0 Å². The number of benzene rings is 4. The second-order valence-corrected chi connectivity index (χ2v) is 13.5. The van der Waals surface area contributed by atoms with E-state index < -0.39 is 61.9 Å². The van der Waals surface area contributed by atoms with Gasteiger partial charge in [-0.3, -0.25) is 9.59 Å². The predicted octanol–water partition coefficient (Wildman–Crippen LogP) is 10.7. The fraction of sp³-hybridized carbons (Fsp3) is 0.105. The minimum Gasteiger partial charge on any atom is -0.497 e. The van der Waals surface area contributed by atoms with Gasteiger partial charge >= 0.3 is 0 Å². The molecule has 6 nitrogen and oxygen atoms in total. The lowest BCUT2D eigenvalue weighted by Crippen LogP contribution is -2.14. The van der Waals surface area contributed by atoms with Crippen molar-refractivity contribution in [3.8, 4) is 45.4 Å². The first-order valence-corrected chi connectivity index (χ1v) is 17.1. The van der Waals surface area contributed by atoms with Crippen LogP contribution in [0.4, 0.5) is 26.3 Å². The van der Waals surface area contributed by atoms with Gasteiger partial charge in [-0.05, 0) is 69.0 Å². The quantitative estimate of drug-likeness (QED) is 0.156. The van der Waals surface area contributed by atoms with Crippen LogP contribution < -0.4 is 20.3 Å². The Bertz CT molecular complexity index is 2480. The number of methoxy groups -OCH3 is 2. The number of hydrogen-bond acceptors (Lipinski definition) is 4. The van der Waals surface area contributed by atoms with Gasteiger partial charge in [-0.2, -0.15) is 0 Å². The van der Waals surface area contributed by atoms with Crippen molar-refractivity contribution in [3.05, 3.63) is 160 Å². The third kappa shape index (κ3) is 8.09. The molecule has 0 aliphatic carbocycles. The Kier molecular flexibility index (Phi) is 11.9. The third-order valence-electron chi connectivity index (χ3n) is 7.97. The molecule has 0 saturated heterocycles. The molecule has 0 amide bonds. The van der Waals surface area contributed by atoms with E-state index in [1.807, 2.05) is 6.92 Å². The molecule has 0 aliphatic heterocycles. The number of nitrogens with zero attached hydrogens (tertiary/aromatic N) is 2. The number of rotatable bonds is 6. The molecule has 2 aromatic heterocycles. The number of hydrogen-bond donors (Lipinski definition) is 0. The van der Waals surface area contributed by atoms with Crippen molar-refractivity contribution < 1.29 is 35.8 Å². The molecule has 0 spiro atoms. The molecule has 0 saturated carbocycles. The lowest BCUT2D eigenvalue weighted by Gasteiger charge is -2.19. The van der Waals surface area contributed by atoms with Gasteiger partial charge in [-0.25, -0.2) is 26.3 Å². The van der Waals surface area contributed by atoms with Gasteiger partial charge in [-0.1, -0.05) is 23.7 Å². The van der Waals surface area contributed by atoms with Gasteiger partial charge in [-0.15, -0.1) is 0 Å². The summed E-state index contributed by atoms with van der Waals surface area (Å²) in [7, 11) is 2.97. The molecule has 0 fully saturated rings. The molecule has 0 unspecified atom stereocenters. The molecule has 53 heavy (non-hydrogen) atoms. The van der Waals surface area contributed by atoms with Gasteiger partial charge in [0.1, 0.15) is 51.4 Å². The number of aryl methyl sites for hydroxylation is 2. The molecule has 0 aliphatic rings. The van der Waals surface area contributed by atoms with Gasteiger partial charge in [0.15, 0.2) is 5.43 Å². The van der Waals surface area contributed by atoms with Gasteiger partial charge in [0, 0.05) is 54.9 Å². The van der Waals surface area contributed by atoms with E-state index in [2.05, 4.69) is 31.9 Å². The van der Waals surface area contributed by atoms with Crippen molar-refractivity contribution in [2.75, 3.05) is 14.2 Å². The van der Waals surface area contributed by atoms with Crippen LogP contribution in [0, 0.1) is 48.8 Å². The Morgan fingerprint density at radius 2 is 1.04 bits per heavy atom. The predicted molar refractivity (Wildman–Crippen MR) is 198 cm³/mol. The summed E-state index contributed by atoms with van der Waals surface area (Å²) >= 11 is 12.4. The minimum atomic E-state index is -1.18. The van der Waals surface area contributed by atoms with E-state index in [0.717, 1.165) is 17.2 Å². The summed E-state index contributed by atoms with van der Waals surface area (Å²) in [5.74, 6) is -5.63. The van der Waals surface area contributed by atoms with Gasteiger partial charge < -0.3 is 18.6 Å². The summed E-state index contributed by atoms with van der Waals surface area (Å²) < 4.78 is 97.8. The standard InChI is InChI=1S/C19H12BrClF3NO2.C19H13BrF3NO2/c1-9-3-4-11(27-2)7-15(9)25-8-12(20)19(26)17(21)18(25)16-13(23)5-10(22)6-14(16)24;1-10-3-4-12(26-2)7-16(10)24-9-13(20)18(25)8-17(24)19-14(22)5-11(21)6-15(19)23/h3-8H,1-2H3;3-9H,1-2H3. The average molecular weight is 883 g/mol. The smallest absolute Gasteiger partial charge is 0.214 e. The zero-order valence-electron chi connectivity index (χ0n) is 27.9. The summed E-state index contributed by atoms with van der Waals surface area (Å²) in [5.41, 5.74) is 0.0918. The summed E-state index contributed by atoms with van der Waals surface area (Å²) in [6.07, 6.45) is 2.77. The first-order chi connectivity index (χ1) is 25.1. The fourth-order valence-corrected chi connectivity index (χ4v) is 6.51. The zero-order valence-corrected chi connectivity index (χ0v) is 31.9. The summed E-state index contributed by atoms with van der Waals surface area (Å²) in [6.45, 7) is 3.58. The molecule has 4 aromatic carbocycles. The van der Waals surface area contributed by atoms with E-state index in [1.165, 1.54) is 35.7 Å². The van der Waals surface area contributed by atoms with Crippen LogP contribution in [0.25, 0.3) is 33.9 Å². The Balaban J connectivity index is 0.000000204. The Morgan fingerprint density at radius 1 is 0.604 bits per heavy atom. The molecule has 0 bridgehead atoms. The number of halogens is 9. The third-order valence-corrected chi connectivity index (χ3v) is 9.48. The van der Waals surface area contributed by atoms with Crippen LogP contribution in [-0.4, -0.2) is 23.4 Å². The van der Waals surface area contributed by atoms with E-state index in [4.69, 9.17) is 21.1 Å². The van der Waals surface area contributed by atoms with Crippen molar-refractivity contribution >= 4 is 43.5 Å². The van der Waals surface area contributed by atoms with Crippen LogP contribution in [0.15, 0.2) is 97.7 Å². The highest BCUT2D eigenvalue weighted by Gasteiger charge is 2.24. The summed E-state index contributed by atoms with van der Waals surface area (Å²) in [6, 6.07) is 13.6. The van der Waals surface area contributed by atoms with Crippen LogP contribution in [0.5, 0.6) is 11.5 Å². The molecule has 0 radical (unpaired) electrons. The fourth-order valence-electron chi connectivity index (χ4n) is 5.38. The van der Waals surface area contributed by atoms with E-state index in [0.29, 0.717) is 47.1 Å². The molecule has 0 N–H and O–H groups in total. The molecule has 274 valence electrons. The largest absolute Gasteiger partial charge is 0.497 e. The summed E-state index contributed by atoms with van der Waals surface area (Å²) in [4.78, 5) is 24.4. The van der Waals surface area contributed by atoms with E-state index in [1.54, 1.807) is 43.3 Å². The van der Waals surface area contributed by atoms with Crippen LogP contribution in [0.1, 0.15) is 11.1 Å². The van der Waals surface area contributed by atoms with Crippen LogP contribution in [-0.2, 0) is 0 Å². The lowest BCUT2D eigenvalue weighted by atomic mass is 10.1. The molecule has 0 atom stereocenters. The first-order valence-electron chi connectivity index (χ1n) is 15.2. The number of aromatic nitrogens is 2. The Morgan fingerprint density at radius 3 is 1.51 bits per heavy atom. The maximum atomic E-state index is 14.5. The number of pyridine rings is 2. The molecular formula is C38H25Br2ClF6N2O4. The minimum absolute atomic E-state index is 0.0375. The van der Waals surface area contributed by atoms with Gasteiger partial charge in [0.2, 0.25) is 5.43 Å². The topological polar surface area (TPSA) is 62.5 Å². The van der Waals surface area contributed by atoms with Gasteiger partial charge in [0.05, 0.1) is 57.1 Å². The van der Waals surface area contributed by atoms with Crippen molar-refractivity contribution in [3.63, 3.8) is 0 Å². The summed E-state index contributed by atoms with van der Waals surface area (Å²) in [5, 5.41) is -0.406. The van der Waals surface area contributed by atoms with Crippen LogP contribution in [0.3, 0.4) is 0 Å². The van der Waals surface area contributed by atoms with Crippen molar-refractivity contribution in [1.29, 1.82) is 0 Å². The maximum absolute atomic E-state index is 14.5. The highest BCUT2D eigenvalue weighted by molar-refractivity contribution is 9.10. The normalized spacial score (nSPS) is 10.9. The molecular weight excluding hydrogens is 858 g/mol. The monoisotopic (exact) mass is 880 g/mol. The lowest BCUT2D eigenvalue weighted by molar-refractivity contribution is 0.414. The maximum Gasteiger partial charge on any atom is 0.214 e. The molecule has 6 aromatic rings. The molecule has 2 heterocycles. The number of ether oxygens (including phenoxy) is 2. The first kappa shape index (κ1) is 39.4. The Labute approximate surface area is 320 Å². The second-order valence-electron chi connectivity index (χ2n) is 11.4. The van der Waals surface area contributed by atoms with Crippen molar-refractivity contribution in [2.45, 2.75) is 13.8 Å². The van der Waals surface area contributed by atoms with E-state index in [-0.39, 0.29) is 20.3 Å². The van der Waals surface area contributed by atoms with Crippen molar-refractivity contribution in [1.82, 2.24) is 9.13 Å². The van der Waals surface area contributed by atoms with E-state index >= 15 is 0 Å². The second kappa shape index (κ2) is 16.1. The average Bonchev–Trinajstić information content (AvgIpc) is 3.09. The molecule has 6 rings (SSSR count). The highest BCUT2D eigenvalue weighted by atomic mass is 79.9. The van der Waals surface area contributed by atoms with Crippen molar-refractivity contribution in [2.24, 2.45) is 0 Å². The van der Waals surface area contributed by atoms with Crippen LogP contribution >= 0.6 is 43.5 Å². The van der Waals surface area contributed by atoms with E-state index in [9.17, 15) is 35.9 Å². The SMILES string of the molecule is COc1ccc(C)c(-n2cc(Br)c(=O)c(Cl)c2-c2c(F)cc(F)cc2F)c1.COc1ccc(C)c(-n2cc(Br)c(=O)cc2-c2c(F)cc(F)cc2F)c1. The Hall–Kier alpha value is -4.79. The zero-order chi connectivity index (χ0) is 38.9.